The van der Waals surface area contributed by atoms with Crippen molar-refractivity contribution in [2.45, 2.75) is 19.4 Å². The number of carbonyl (C=O) groups is 1. The van der Waals surface area contributed by atoms with Gasteiger partial charge in [0.2, 0.25) is 15.9 Å². The van der Waals surface area contributed by atoms with Crippen molar-refractivity contribution in [2.75, 3.05) is 18.1 Å². The number of para-hydroxylation sites is 2. The zero-order chi connectivity index (χ0) is 20.5. The van der Waals surface area contributed by atoms with E-state index in [1.807, 2.05) is 0 Å². The van der Waals surface area contributed by atoms with Gasteiger partial charge in [-0.3, -0.25) is 9.52 Å². The lowest BCUT2D eigenvalue weighted by molar-refractivity contribution is -0.130. The Morgan fingerprint density at radius 1 is 1.25 bits per heavy atom. The molecule has 3 rings (SSSR count). The van der Waals surface area contributed by atoms with E-state index < -0.39 is 16.1 Å². The number of aromatic hydroxyl groups is 1. The molecule has 0 aromatic heterocycles. The average molecular weight is 403 g/mol. The van der Waals surface area contributed by atoms with Gasteiger partial charge >= 0.3 is 0 Å². The maximum atomic E-state index is 12.2. The molecule has 0 saturated heterocycles. The fourth-order valence-electron chi connectivity index (χ4n) is 3.21. The molecule has 1 aliphatic rings. The summed E-state index contributed by atoms with van der Waals surface area (Å²) in [5.41, 5.74) is 1.96. The zero-order valence-electron chi connectivity index (χ0n) is 15.7. The first kappa shape index (κ1) is 19.7. The van der Waals surface area contributed by atoms with Crippen LogP contribution in [-0.2, 0) is 14.8 Å². The molecule has 0 saturated carbocycles. The number of carbonyl (C=O) groups excluding carboxylic acids is 1. The van der Waals surface area contributed by atoms with Gasteiger partial charge in [-0.1, -0.05) is 24.3 Å². The van der Waals surface area contributed by atoms with Crippen LogP contribution in [0.2, 0.25) is 0 Å². The summed E-state index contributed by atoms with van der Waals surface area (Å²) in [4.78, 5) is 12.2. The lowest BCUT2D eigenvalue weighted by Gasteiger charge is -2.23. The number of hydrogen-bond donors (Lipinski definition) is 2. The Labute approximate surface area is 163 Å². The zero-order valence-corrected chi connectivity index (χ0v) is 16.5. The molecule has 2 aromatic carbocycles. The summed E-state index contributed by atoms with van der Waals surface area (Å²) in [6.45, 7) is 1.39. The summed E-state index contributed by atoms with van der Waals surface area (Å²) in [6.07, 6.45) is 1.38. The number of nitrogens with zero attached hydrogens (tertiary/aromatic N) is 2. The monoisotopic (exact) mass is 403 g/mol. The first-order valence-corrected chi connectivity index (χ1v) is 10.4. The van der Waals surface area contributed by atoms with Gasteiger partial charge in [0.1, 0.15) is 0 Å². The number of amides is 1. The molecule has 1 amide bonds. The SMILES string of the molecule is COc1cccc(C2=NN(C(C)=O)C(c3ccccc3NS(C)(=O)=O)C2)c1O. The number of rotatable bonds is 5. The number of phenols is 1. The van der Waals surface area contributed by atoms with Crippen LogP contribution < -0.4 is 9.46 Å². The molecule has 8 nitrogen and oxygen atoms in total. The summed E-state index contributed by atoms with van der Waals surface area (Å²) in [5, 5.41) is 16.1. The molecule has 0 spiro atoms. The van der Waals surface area contributed by atoms with Crippen molar-refractivity contribution in [3.63, 3.8) is 0 Å². The standard InChI is InChI=1S/C19H21N3O5S/c1-12(23)22-17(13-7-4-5-9-15(13)21-28(3,25)26)11-16(20-22)14-8-6-10-18(27-2)19(14)24/h4-10,17,21,24H,11H2,1-3H3. The molecule has 1 aliphatic heterocycles. The minimum atomic E-state index is -3.50. The third-order valence-corrected chi connectivity index (χ3v) is 4.97. The van der Waals surface area contributed by atoms with E-state index >= 15 is 0 Å². The van der Waals surface area contributed by atoms with E-state index in [4.69, 9.17) is 4.74 Å². The van der Waals surface area contributed by atoms with Crippen LogP contribution in [0.4, 0.5) is 5.69 Å². The number of benzene rings is 2. The van der Waals surface area contributed by atoms with Crippen LogP contribution in [0.3, 0.4) is 0 Å². The van der Waals surface area contributed by atoms with Gasteiger partial charge in [0.15, 0.2) is 11.5 Å². The number of hydrogen-bond acceptors (Lipinski definition) is 6. The van der Waals surface area contributed by atoms with E-state index in [1.54, 1.807) is 42.5 Å². The van der Waals surface area contributed by atoms with Crippen LogP contribution in [0, 0.1) is 0 Å². The largest absolute Gasteiger partial charge is 0.504 e. The number of anilines is 1. The predicted molar refractivity (Wildman–Crippen MR) is 106 cm³/mol. The van der Waals surface area contributed by atoms with Gasteiger partial charge < -0.3 is 9.84 Å². The quantitative estimate of drug-likeness (QED) is 0.797. The Bertz CT molecular complexity index is 1050. The predicted octanol–water partition coefficient (Wildman–Crippen LogP) is 2.47. The first-order valence-electron chi connectivity index (χ1n) is 8.51. The second-order valence-corrected chi connectivity index (χ2v) is 8.20. The van der Waals surface area contributed by atoms with Crippen LogP contribution in [0.1, 0.15) is 30.5 Å². The van der Waals surface area contributed by atoms with Crippen LogP contribution in [-0.4, -0.2) is 43.5 Å². The summed E-state index contributed by atoms with van der Waals surface area (Å²) in [7, 11) is -2.04. The van der Waals surface area contributed by atoms with Crippen molar-refractivity contribution in [1.82, 2.24) is 5.01 Å². The van der Waals surface area contributed by atoms with Crippen molar-refractivity contribution in [2.24, 2.45) is 5.10 Å². The first-order chi connectivity index (χ1) is 13.2. The molecule has 2 aromatic rings. The molecule has 28 heavy (non-hydrogen) atoms. The fraction of sp³-hybridized carbons (Fsp3) is 0.263. The topological polar surface area (TPSA) is 108 Å². The van der Waals surface area contributed by atoms with Crippen molar-refractivity contribution >= 4 is 27.3 Å². The molecule has 0 aliphatic carbocycles. The molecule has 9 heteroatoms. The molecular formula is C19H21N3O5S. The highest BCUT2D eigenvalue weighted by atomic mass is 32.2. The molecule has 1 atom stereocenters. The molecule has 148 valence electrons. The van der Waals surface area contributed by atoms with Crippen molar-refractivity contribution in [1.29, 1.82) is 0 Å². The smallest absolute Gasteiger partial charge is 0.240 e. The van der Waals surface area contributed by atoms with Crippen LogP contribution in [0.25, 0.3) is 0 Å². The van der Waals surface area contributed by atoms with Crippen LogP contribution in [0.5, 0.6) is 11.5 Å². The Morgan fingerprint density at radius 3 is 2.61 bits per heavy atom. The molecule has 1 heterocycles. The summed E-state index contributed by atoms with van der Waals surface area (Å²) >= 11 is 0. The number of sulfonamides is 1. The van der Waals surface area contributed by atoms with Gasteiger partial charge in [0.05, 0.1) is 30.8 Å². The van der Waals surface area contributed by atoms with Gasteiger partial charge in [-0.05, 0) is 18.2 Å². The molecular weight excluding hydrogens is 382 g/mol. The number of phenolic OH excluding ortho intramolecular Hbond substituents is 1. The lowest BCUT2D eigenvalue weighted by atomic mass is 9.96. The Kier molecular flexibility index (Phi) is 5.28. The van der Waals surface area contributed by atoms with E-state index in [2.05, 4.69) is 9.82 Å². The normalized spacial score (nSPS) is 16.6. The van der Waals surface area contributed by atoms with E-state index in [-0.39, 0.29) is 11.7 Å². The molecule has 2 N–H and O–H groups in total. The second kappa shape index (κ2) is 7.51. The maximum Gasteiger partial charge on any atom is 0.240 e. The van der Waals surface area contributed by atoms with E-state index in [9.17, 15) is 18.3 Å². The lowest BCUT2D eigenvalue weighted by Crippen LogP contribution is -2.25. The van der Waals surface area contributed by atoms with Gasteiger partial charge in [0.25, 0.3) is 0 Å². The minimum Gasteiger partial charge on any atom is -0.504 e. The highest BCUT2D eigenvalue weighted by Gasteiger charge is 2.34. The summed E-state index contributed by atoms with van der Waals surface area (Å²) in [6, 6.07) is 11.4. The van der Waals surface area contributed by atoms with Gasteiger partial charge in [0, 0.05) is 24.5 Å². The number of ether oxygens (including phenoxy) is 1. The van der Waals surface area contributed by atoms with Crippen molar-refractivity contribution in [3.8, 4) is 11.5 Å². The number of methoxy groups -OCH3 is 1. The van der Waals surface area contributed by atoms with Crippen molar-refractivity contribution < 1.29 is 23.1 Å². The molecule has 0 fully saturated rings. The van der Waals surface area contributed by atoms with E-state index in [0.717, 1.165) is 6.26 Å². The van der Waals surface area contributed by atoms with Crippen molar-refractivity contribution in [3.05, 3.63) is 53.6 Å². The Hall–Kier alpha value is -3.07. The number of nitrogens with one attached hydrogen (secondary N) is 1. The number of hydrazone groups is 1. The highest BCUT2D eigenvalue weighted by Crippen LogP contribution is 2.39. The maximum absolute atomic E-state index is 12.2. The molecule has 1 unspecified atom stereocenters. The Balaban J connectivity index is 2.03. The summed E-state index contributed by atoms with van der Waals surface area (Å²) < 4.78 is 31.1. The van der Waals surface area contributed by atoms with E-state index in [0.29, 0.717) is 34.7 Å². The Morgan fingerprint density at radius 2 is 1.96 bits per heavy atom. The van der Waals surface area contributed by atoms with Gasteiger partial charge in [-0.15, -0.1) is 0 Å². The minimum absolute atomic E-state index is 0.0598. The van der Waals surface area contributed by atoms with Gasteiger partial charge in [-0.2, -0.15) is 5.10 Å². The van der Waals surface area contributed by atoms with Crippen LogP contribution in [0.15, 0.2) is 47.6 Å². The molecule has 0 radical (unpaired) electrons. The molecule has 0 bridgehead atoms. The second-order valence-electron chi connectivity index (χ2n) is 6.45. The third-order valence-electron chi connectivity index (χ3n) is 4.38. The fourth-order valence-corrected chi connectivity index (χ4v) is 3.79. The van der Waals surface area contributed by atoms with Gasteiger partial charge in [-0.25, -0.2) is 13.4 Å². The summed E-state index contributed by atoms with van der Waals surface area (Å²) in [5.74, 6) is -0.0517. The van der Waals surface area contributed by atoms with Crippen LogP contribution >= 0.6 is 0 Å². The highest BCUT2D eigenvalue weighted by molar-refractivity contribution is 7.92. The average Bonchev–Trinajstić information content (AvgIpc) is 3.06. The van der Waals surface area contributed by atoms with E-state index in [1.165, 1.54) is 19.0 Å². The third kappa shape index (κ3) is 3.94.